The van der Waals surface area contributed by atoms with Crippen LogP contribution in [0.4, 0.5) is 17.1 Å². The van der Waals surface area contributed by atoms with Crippen molar-refractivity contribution in [2.45, 2.75) is 46.0 Å². The second kappa shape index (κ2) is 8.71. The summed E-state index contributed by atoms with van der Waals surface area (Å²) in [6.45, 7) is 3.98. The first-order valence-corrected chi connectivity index (χ1v) is 7.17. The van der Waals surface area contributed by atoms with Gasteiger partial charge < -0.3 is 0 Å². The lowest BCUT2D eigenvalue weighted by molar-refractivity contribution is -0.393. The summed E-state index contributed by atoms with van der Waals surface area (Å²) in [5.41, 5.74) is 2.92. The highest BCUT2D eigenvalue weighted by atomic mass is 16.6. The van der Waals surface area contributed by atoms with Gasteiger partial charge in [-0.1, -0.05) is 26.2 Å². The number of hydrogen-bond donors (Lipinski definition) is 1. The van der Waals surface area contributed by atoms with Crippen molar-refractivity contribution in [1.29, 1.82) is 0 Å². The summed E-state index contributed by atoms with van der Waals surface area (Å²) in [4.78, 5) is 20.3. The van der Waals surface area contributed by atoms with Crippen molar-refractivity contribution in [2.75, 3.05) is 5.43 Å². The van der Waals surface area contributed by atoms with Gasteiger partial charge in [-0.2, -0.15) is 5.10 Å². The Morgan fingerprint density at radius 1 is 1.18 bits per heavy atom. The van der Waals surface area contributed by atoms with Gasteiger partial charge in [-0.15, -0.1) is 0 Å². The zero-order valence-electron chi connectivity index (χ0n) is 12.7. The smallest absolute Gasteiger partial charge is 0.272 e. The fraction of sp³-hybridized carbons (Fsp3) is 0.500. The monoisotopic (exact) mass is 308 g/mol. The Hall–Kier alpha value is -2.51. The average molecular weight is 308 g/mol. The Labute approximate surface area is 128 Å². The highest BCUT2D eigenvalue weighted by Crippen LogP contribution is 2.28. The maximum absolute atomic E-state index is 11.0. The summed E-state index contributed by atoms with van der Waals surface area (Å²) in [6, 6.07) is 3.43. The van der Waals surface area contributed by atoms with E-state index in [2.05, 4.69) is 17.5 Å². The summed E-state index contributed by atoms with van der Waals surface area (Å²) in [7, 11) is 0. The number of nitrogens with zero attached hydrogens (tertiary/aromatic N) is 3. The van der Waals surface area contributed by atoms with Crippen LogP contribution in [0.25, 0.3) is 0 Å². The number of rotatable bonds is 9. The lowest BCUT2D eigenvalue weighted by Crippen LogP contribution is -2.01. The molecule has 0 aromatic heterocycles. The second-order valence-corrected chi connectivity index (χ2v) is 4.99. The van der Waals surface area contributed by atoms with E-state index in [0.29, 0.717) is 0 Å². The van der Waals surface area contributed by atoms with Gasteiger partial charge in [-0.05, 0) is 25.8 Å². The van der Waals surface area contributed by atoms with Crippen LogP contribution in [-0.4, -0.2) is 15.6 Å². The van der Waals surface area contributed by atoms with Crippen molar-refractivity contribution in [2.24, 2.45) is 5.10 Å². The van der Waals surface area contributed by atoms with Gasteiger partial charge in [0.15, 0.2) is 0 Å². The van der Waals surface area contributed by atoms with Crippen molar-refractivity contribution < 1.29 is 9.85 Å². The molecule has 0 saturated heterocycles. The van der Waals surface area contributed by atoms with E-state index in [4.69, 9.17) is 0 Å². The lowest BCUT2D eigenvalue weighted by Gasteiger charge is -2.04. The van der Waals surface area contributed by atoms with Crippen molar-refractivity contribution in [3.8, 4) is 0 Å². The molecule has 0 amide bonds. The van der Waals surface area contributed by atoms with Crippen LogP contribution in [-0.2, 0) is 0 Å². The van der Waals surface area contributed by atoms with Gasteiger partial charge in [0.1, 0.15) is 5.69 Å². The summed E-state index contributed by atoms with van der Waals surface area (Å²) in [6.07, 6.45) is 5.29. The van der Waals surface area contributed by atoms with Crippen molar-refractivity contribution in [1.82, 2.24) is 0 Å². The molecule has 0 aliphatic rings. The maximum atomic E-state index is 11.0. The molecule has 1 aromatic carbocycles. The fourth-order valence-electron chi connectivity index (χ4n) is 1.90. The third kappa shape index (κ3) is 5.47. The number of non-ortho nitro benzene ring substituents is 1. The zero-order chi connectivity index (χ0) is 16.5. The number of unbranched alkanes of at least 4 members (excludes halogenated alkanes) is 3. The van der Waals surface area contributed by atoms with Crippen LogP contribution in [0.5, 0.6) is 0 Å². The molecule has 0 spiro atoms. The number of hydrazone groups is 1. The van der Waals surface area contributed by atoms with Crippen LogP contribution >= 0.6 is 0 Å². The topological polar surface area (TPSA) is 111 Å². The number of nitro groups is 2. The van der Waals surface area contributed by atoms with E-state index in [9.17, 15) is 20.2 Å². The molecule has 1 N–H and O–H groups in total. The molecular weight excluding hydrogens is 288 g/mol. The molecule has 8 heteroatoms. The van der Waals surface area contributed by atoms with Gasteiger partial charge in [0.2, 0.25) is 0 Å². The van der Waals surface area contributed by atoms with E-state index in [0.717, 1.165) is 37.5 Å². The summed E-state index contributed by atoms with van der Waals surface area (Å²) in [5, 5.41) is 25.7. The number of nitrogens with one attached hydrogen (secondary N) is 1. The first-order valence-electron chi connectivity index (χ1n) is 7.17. The normalized spacial score (nSPS) is 11.3. The molecule has 22 heavy (non-hydrogen) atoms. The van der Waals surface area contributed by atoms with Crippen molar-refractivity contribution in [3.05, 3.63) is 38.4 Å². The van der Waals surface area contributed by atoms with E-state index >= 15 is 0 Å². The van der Waals surface area contributed by atoms with Crippen LogP contribution in [0.1, 0.15) is 46.0 Å². The molecule has 0 unspecified atom stereocenters. The average Bonchev–Trinajstić information content (AvgIpc) is 2.49. The molecule has 120 valence electrons. The van der Waals surface area contributed by atoms with E-state index in [1.54, 1.807) is 0 Å². The lowest BCUT2D eigenvalue weighted by atomic mass is 10.1. The Morgan fingerprint density at radius 2 is 1.91 bits per heavy atom. The fourth-order valence-corrected chi connectivity index (χ4v) is 1.90. The van der Waals surface area contributed by atoms with E-state index < -0.39 is 9.85 Å². The molecule has 0 aliphatic carbocycles. The zero-order valence-corrected chi connectivity index (χ0v) is 12.7. The predicted molar refractivity (Wildman–Crippen MR) is 85.2 cm³/mol. The van der Waals surface area contributed by atoms with Crippen LogP contribution in [0.3, 0.4) is 0 Å². The van der Waals surface area contributed by atoms with Gasteiger partial charge in [-0.3, -0.25) is 25.7 Å². The first kappa shape index (κ1) is 17.5. The Morgan fingerprint density at radius 3 is 2.50 bits per heavy atom. The highest BCUT2D eigenvalue weighted by molar-refractivity contribution is 5.83. The van der Waals surface area contributed by atoms with Crippen molar-refractivity contribution >= 4 is 22.8 Å². The molecule has 0 fully saturated rings. The van der Waals surface area contributed by atoms with E-state index in [1.807, 2.05) is 6.92 Å². The van der Waals surface area contributed by atoms with Gasteiger partial charge in [-0.25, -0.2) is 0 Å². The minimum Gasteiger partial charge on any atom is -0.272 e. The standard InChI is InChI=1S/C14H20N4O4/c1-3-4-5-6-7-11(2)15-16-13-9-8-12(17(19)20)10-14(13)18(21)22/h8-10,16H,3-7H2,1-2H3/b15-11+. The molecule has 1 aromatic rings. The third-order valence-corrected chi connectivity index (χ3v) is 3.15. The van der Waals surface area contributed by atoms with E-state index in [-0.39, 0.29) is 17.1 Å². The molecule has 0 bridgehead atoms. The summed E-state index contributed by atoms with van der Waals surface area (Å²) < 4.78 is 0. The molecule has 1 rings (SSSR count). The van der Waals surface area contributed by atoms with Crippen molar-refractivity contribution in [3.63, 3.8) is 0 Å². The molecule has 8 nitrogen and oxygen atoms in total. The maximum Gasteiger partial charge on any atom is 0.301 e. The SMILES string of the molecule is CCCCCC/C(C)=N/Nc1ccc([N+](=O)[O-])cc1[N+](=O)[O-]. The molecule has 0 atom stereocenters. The Kier molecular flexibility index (Phi) is 6.94. The third-order valence-electron chi connectivity index (χ3n) is 3.15. The van der Waals surface area contributed by atoms with Gasteiger partial charge in [0, 0.05) is 11.8 Å². The highest BCUT2D eigenvalue weighted by Gasteiger charge is 2.19. The number of anilines is 1. The number of benzene rings is 1. The number of hydrogen-bond acceptors (Lipinski definition) is 6. The van der Waals surface area contributed by atoms with Gasteiger partial charge in [0.05, 0.1) is 15.9 Å². The molecule has 0 heterocycles. The minimum atomic E-state index is -0.668. The summed E-state index contributed by atoms with van der Waals surface area (Å²) in [5.74, 6) is 0. The first-order chi connectivity index (χ1) is 10.5. The number of nitro benzene ring substituents is 2. The largest absolute Gasteiger partial charge is 0.301 e. The van der Waals surface area contributed by atoms with Crippen LogP contribution in [0.15, 0.2) is 23.3 Å². The van der Waals surface area contributed by atoms with Gasteiger partial charge >= 0.3 is 5.69 Å². The summed E-state index contributed by atoms with van der Waals surface area (Å²) >= 11 is 0. The molecule has 0 radical (unpaired) electrons. The van der Waals surface area contributed by atoms with Gasteiger partial charge in [0.25, 0.3) is 5.69 Å². The van der Waals surface area contributed by atoms with E-state index in [1.165, 1.54) is 18.6 Å². The Bertz CT molecular complexity index is 572. The quantitative estimate of drug-likeness (QED) is 0.317. The predicted octanol–water partition coefficient (Wildman–Crippen LogP) is 4.26. The molecule has 0 saturated carbocycles. The van der Waals surface area contributed by atoms with Crippen LogP contribution in [0.2, 0.25) is 0 Å². The van der Waals surface area contributed by atoms with Crippen LogP contribution < -0.4 is 5.43 Å². The molecule has 0 aliphatic heterocycles. The second-order valence-electron chi connectivity index (χ2n) is 4.99. The Balaban J connectivity index is 2.76. The minimum absolute atomic E-state index is 0.142. The van der Waals surface area contributed by atoms with Crippen LogP contribution in [0, 0.1) is 20.2 Å². The molecular formula is C14H20N4O4.